The monoisotopic (exact) mass is 197 g/mol. The highest BCUT2D eigenvalue weighted by Gasteiger charge is 2.41. The zero-order valence-electron chi connectivity index (χ0n) is 8.70. The summed E-state index contributed by atoms with van der Waals surface area (Å²) in [5.41, 5.74) is 5.15. The van der Waals surface area contributed by atoms with Crippen LogP contribution in [0.15, 0.2) is 0 Å². The highest BCUT2D eigenvalue weighted by atomic mass is 16.1. The quantitative estimate of drug-likeness (QED) is 0.635. The summed E-state index contributed by atoms with van der Waals surface area (Å²) in [4.78, 5) is 13.1. The molecule has 0 bridgehead atoms. The normalized spacial score (nSPS) is 37.4. The van der Waals surface area contributed by atoms with E-state index in [2.05, 4.69) is 17.1 Å². The molecule has 3 N–H and O–H groups in total. The molecule has 1 amide bonds. The molecule has 3 unspecified atom stereocenters. The number of carbonyl (C=O) groups excluding carboxylic acids is 1. The number of hydrogen-bond acceptors (Lipinski definition) is 3. The smallest absolute Gasteiger partial charge is 0.218 e. The number of amides is 1. The molecule has 2 fully saturated rings. The summed E-state index contributed by atoms with van der Waals surface area (Å²) in [6, 6.07) is 0.606. The molecule has 2 aliphatic heterocycles. The number of fused-ring (bicyclic) bond motifs is 1. The molecule has 0 aromatic rings. The van der Waals surface area contributed by atoms with Gasteiger partial charge in [0.25, 0.3) is 0 Å². The molecule has 0 aromatic heterocycles. The van der Waals surface area contributed by atoms with Gasteiger partial charge in [0.2, 0.25) is 5.91 Å². The number of primary amides is 1. The van der Waals surface area contributed by atoms with Gasteiger partial charge in [-0.15, -0.1) is 0 Å². The van der Waals surface area contributed by atoms with Crippen LogP contribution in [0.25, 0.3) is 0 Å². The lowest BCUT2D eigenvalue weighted by Crippen LogP contribution is -2.35. The van der Waals surface area contributed by atoms with Gasteiger partial charge in [0.15, 0.2) is 0 Å². The van der Waals surface area contributed by atoms with Crippen molar-refractivity contribution < 1.29 is 4.79 Å². The molecular formula is C10H19N3O. The fourth-order valence-electron chi connectivity index (χ4n) is 2.80. The topological polar surface area (TPSA) is 58.4 Å². The molecule has 2 heterocycles. The molecule has 2 saturated heterocycles. The zero-order valence-corrected chi connectivity index (χ0v) is 8.70. The first-order chi connectivity index (χ1) is 6.68. The summed E-state index contributed by atoms with van der Waals surface area (Å²) in [6.45, 7) is 6.51. The Kier molecular flexibility index (Phi) is 2.74. The minimum absolute atomic E-state index is 0.188. The van der Waals surface area contributed by atoms with Crippen LogP contribution < -0.4 is 11.1 Å². The fraction of sp³-hybridized carbons (Fsp3) is 0.900. The standard InChI is InChI=1S/C10H19N3O/c1-7-9-5-12-4-8(9)6-13(7)3-2-10(11)14/h7-9,12H,2-6H2,1H3,(H2,11,14). The Morgan fingerprint density at radius 2 is 2.36 bits per heavy atom. The van der Waals surface area contributed by atoms with E-state index >= 15 is 0 Å². The molecule has 2 aliphatic rings. The van der Waals surface area contributed by atoms with Crippen molar-refractivity contribution in [1.82, 2.24) is 10.2 Å². The third kappa shape index (κ3) is 1.77. The van der Waals surface area contributed by atoms with Crippen molar-refractivity contribution in [2.75, 3.05) is 26.2 Å². The predicted molar refractivity (Wildman–Crippen MR) is 54.7 cm³/mol. The number of nitrogens with two attached hydrogens (primary N) is 1. The van der Waals surface area contributed by atoms with Crippen molar-refractivity contribution >= 4 is 5.91 Å². The third-order valence-electron chi connectivity index (χ3n) is 3.70. The molecule has 3 atom stereocenters. The molecule has 4 heteroatoms. The second-order valence-electron chi connectivity index (χ2n) is 4.53. The second-order valence-corrected chi connectivity index (χ2v) is 4.53. The van der Waals surface area contributed by atoms with E-state index in [4.69, 9.17) is 5.73 Å². The summed E-state index contributed by atoms with van der Waals surface area (Å²) in [5, 5.41) is 3.42. The minimum atomic E-state index is -0.188. The molecule has 0 aliphatic carbocycles. The van der Waals surface area contributed by atoms with Gasteiger partial charge in [0.05, 0.1) is 0 Å². The Bertz CT molecular complexity index is 231. The number of likely N-dealkylation sites (tertiary alicyclic amines) is 1. The average Bonchev–Trinajstić information content (AvgIpc) is 2.66. The van der Waals surface area contributed by atoms with Crippen molar-refractivity contribution in [3.05, 3.63) is 0 Å². The highest BCUT2D eigenvalue weighted by Crippen LogP contribution is 2.31. The Labute approximate surface area is 84.8 Å². The van der Waals surface area contributed by atoms with Crippen molar-refractivity contribution in [3.8, 4) is 0 Å². The first-order valence-corrected chi connectivity index (χ1v) is 5.41. The van der Waals surface area contributed by atoms with E-state index in [1.165, 1.54) is 0 Å². The van der Waals surface area contributed by atoms with Crippen LogP contribution in [0, 0.1) is 11.8 Å². The van der Waals surface area contributed by atoms with Gasteiger partial charge in [-0.1, -0.05) is 0 Å². The molecule has 80 valence electrons. The fourth-order valence-corrected chi connectivity index (χ4v) is 2.80. The van der Waals surface area contributed by atoms with Crippen LogP contribution in [0.1, 0.15) is 13.3 Å². The lowest BCUT2D eigenvalue weighted by Gasteiger charge is -2.23. The van der Waals surface area contributed by atoms with Gasteiger partial charge < -0.3 is 11.1 Å². The Morgan fingerprint density at radius 3 is 3.00 bits per heavy atom. The van der Waals surface area contributed by atoms with E-state index in [9.17, 15) is 4.79 Å². The Morgan fingerprint density at radius 1 is 1.57 bits per heavy atom. The van der Waals surface area contributed by atoms with Gasteiger partial charge in [-0.3, -0.25) is 9.69 Å². The first-order valence-electron chi connectivity index (χ1n) is 5.41. The Hall–Kier alpha value is -0.610. The summed E-state index contributed by atoms with van der Waals surface area (Å²) >= 11 is 0. The largest absolute Gasteiger partial charge is 0.370 e. The minimum Gasteiger partial charge on any atom is -0.370 e. The van der Waals surface area contributed by atoms with E-state index in [1.54, 1.807) is 0 Å². The molecule has 0 aromatic carbocycles. The maximum absolute atomic E-state index is 10.7. The maximum atomic E-state index is 10.7. The molecule has 0 spiro atoms. The average molecular weight is 197 g/mol. The molecule has 0 radical (unpaired) electrons. The summed E-state index contributed by atoms with van der Waals surface area (Å²) in [6.07, 6.45) is 0.497. The van der Waals surface area contributed by atoms with Gasteiger partial charge in [-0.2, -0.15) is 0 Å². The summed E-state index contributed by atoms with van der Waals surface area (Å²) in [7, 11) is 0. The zero-order chi connectivity index (χ0) is 10.1. The molecular weight excluding hydrogens is 178 g/mol. The lowest BCUT2D eigenvalue weighted by atomic mass is 9.95. The van der Waals surface area contributed by atoms with E-state index in [1.807, 2.05) is 0 Å². The molecule has 0 saturated carbocycles. The number of carbonyl (C=O) groups is 1. The van der Waals surface area contributed by atoms with Crippen LogP contribution in [-0.2, 0) is 4.79 Å². The van der Waals surface area contributed by atoms with Crippen LogP contribution in [0.4, 0.5) is 0 Å². The summed E-state index contributed by atoms with van der Waals surface area (Å²) < 4.78 is 0. The van der Waals surface area contributed by atoms with E-state index in [0.717, 1.165) is 38.0 Å². The van der Waals surface area contributed by atoms with Crippen molar-refractivity contribution in [2.24, 2.45) is 17.6 Å². The number of hydrogen-bond donors (Lipinski definition) is 2. The molecule has 2 rings (SSSR count). The predicted octanol–water partition coefficient (Wildman–Crippen LogP) is -0.598. The van der Waals surface area contributed by atoms with Crippen molar-refractivity contribution in [2.45, 2.75) is 19.4 Å². The van der Waals surface area contributed by atoms with E-state index < -0.39 is 0 Å². The van der Waals surface area contributed by atoms with E-state index in [-0.39, 0.29) is 5.91 Å². The third-order valence-corrected chi connectivity index (χ3v) is 3.70. The maximum Gasteiger partial charge on any atom is 0.218 e. The second kappa shape index (κ2) is 3.87. The van der Waals surface area contributed by atoms with Gasteiger partial charge in [0.1, 0.15) is 0 Å². The first kappa shape index (κ1) is 9.93. The Balaban J connectivity index is 1.87. The van der Waals surface area contributed by atoms with Crippen molar-refractivity contribution in [1.29, 1.82) is 0 Å². The number of rotatable bonds is 3. The lowest BCUT2D eigenvalue weighted by molar-refractivity contribution is -0.118. The molecule has 14 heavy (non-hydrogen) atoms. The number of nitrogens with zero attached hydrogens (tertiary/aromatic N) is 1. The van der Waals surface area contributed by atoms with Crippen LogP contribution in [0.2, 0.25) is 0 Å². The van der Waals surface area contributed by atoms with Crippen LogP contribution >= 0.6 is 0 Å². The van der Waals surface area contributed by atoms with Gasteiger partial charge in [-0.05, 0) is 31.8 Å². The van der Waals surface area contributed by atoms with Gasteiger partial charge in [-0.25, -0.2) is 0 Å². The van der Waals surface area contributed by atoms with Crippen LogP contribution in [0.3, 0.4) is 0 Å². The SMILES string of the molecule is CC1C2CNCC2CN1CCC(N)=O. The van der Waals surface area contributed by atoms with E-state index in [0.29, 0.717) is 12.5 Å². The number of nitrogens with one attached hydrogen (secondary N) is 1. The molecule has 4 nitrogen and oxygen atoms in total. The van der Waals surface area contributed by atoms with Crippen LogP contribution in [-0.4, -0.2) is 43.0 Å². The van der Waals surface area contributed by atoms with Gasteiger partial charge >= 0.3 is 0 Å². The van der Waals surface area contributed by atoms with Crippen LogP contribution in [0.5, 0.6) is 0 Å². The van der Waals surface area contributed by atoms with Crippen molar-refractivity contribution in [3.63, 3.8) is 0 Å². The summed E-state index contributed by atoms with van der Waals surface area (Å²) in [5.74, 6) is 1.38. The van der Waals surface area contributed by atoms with Gasteiger partial charge in [0, 0.05) is 25.6 Å². The highest BCUT2D eigenvalue weighted by molar-refractivity contribution is 5.73.